The van der Waals surface area contributed by atoms with Gasteiger partial charge in [-0.2, -0.15) is 0 Å². The molecule has 20 heavy (non-hydrogen) atoms. The summed E-state index contributed by atoms with van der Waals surface area (Å²) in [5, 5.41) is 19.1. The third kappa shape index (κ3) is 4.58. The third-order valence-electron chi connectivity index (χ3n) is 3.37. The van der Waals surface area contributed by atoms with Crippen LogP contribution in [0.1, 0.15) is 22.6 Å². The lowest BCUT2D eigenvalue weighted by molar-refractivity contribution is -0.0776. The van der Waals surface area contributed by atoms with Crippen molar-refractivity contribution in [1.82, 2.24) is 4.90 Å². The van der Waals surface area contributed by atoms with Gasteiger partial charge < -0.3 is 14.9 Å². The smallest absolute Gasteiger partial charge is 0.104 e. The molecule has 5 heteroatoms. The molecule has 0 saturated carbocycles. The van der Waals surface area contributed by atoms with Crippen LogP contribution >= 0.6 is 11.3 Å². The molecule has 4 nitrogen and oxygen atoms in total. The fraction of sp³-hybridized carbons (Fsp3) is 0.600. The quantitative estimate of drug-likeness (QED) is 0.816. The topological polar surface area (TPSA) is 52.9 Å². The van der Waals surface area contributed by atoms with E-state index in [0.29, 0.717) is 32.6 Å². The number of hydrogen-bond acceptors (Lipinski definition) is 5. The van der Waals surface area contributed by atoms with Crippen LogP contribution in [0, 0.1) is 11.8 Å². The first kappa shape index (κ1) is 15.5. The Morgan fingerprint density at radius 3 is 2.85 bits per heavy atom. The standard InChI is InChI=1S/C15H21NO3S/c1-16(12-15(18)6-9-19-10-7-15)11-14-5-4-13(20-14)3-2-8-17/h4-5,17-18H,6-12H2,1H3. The van der Waals surface area contributed by atoms with E-state index in [-0.39, 0.29) is 6.61 Å². The maximum atomic E-state index is 10.5. The molecule has 0 aromatic carbocycles. The minimum atomic E-state index is -0.621. The van der Waals surface area contributed by atoms with Gasteiger partial charge in [0.2, 0.25) is 0 Å². The lowest BCUT2D eigenvalue weighted by Crippen LogP contribution is -2.45. The number of aliphatic hydroxyl groups excluding tert-OH is 1. The van der Waals surface area contributed by atoms with E-state index in [1.165, 1.54) is 4.88 Å². The van der Waals surface area contributed by atoms with Gasteiger partial charge in [0.15, 0.2) is 0 Å². The Morgan fingerprint density at radius 1 is 1.40 bits per heavy atom. The fourth-order valence-electron chi connectivity index (χ4n) is 2.39. The molecular weight excluding hydrogens is 274 g/mol. The van der Waals surface area contributed by atoms with E-state index in [2.05, 4.69) is 22.8 Å². The van der Waals surface area contributed by atoms with E-state index in [9.17, 15) is 5.11 Å². The molecule has 1 saturated heterocycles. The molecule has 2 heterocycles. The van der Waals surface area contributed by atoms with Crippen molar-refractivity contribution in [1.29, 1.82) is 0 Å². The van der Waals surface area contributed by atoms with Gasteiger partial charge in [-0.1, -0.05) is 11.8 Å². The first-order valence-corrected chi connectivity index (χ1v) is 7.60. The van der Waals surface area contributed by atoms with Gasteiger partial charge in [-0.05, 0) is 19.2 Å². The predicted octanol–water partition coefficient (Wildman–Crippen LogP) is 1.07. The molecular formula is C15H21NO3S. The highest BCUT2D eigenvalue weighted by Gasteiger charge is 2.30. The number of nitrogens with zero attached hydrogens (tertiary/aromatic N) is 1. The van der Waals surface area contributed by atoms with Crippen molar-refractivity contribution in [2.45, 2.75) is 25.0 Å². The summed E-state index contributed by atoms with van der Waals surface area (Å²) in [6.45, 7) is 2.64. The van der Waals surface area contributed by atoms with E-state index < -0.39 is 5.60 Å². The first-order valence-electron chi connectivity index (χ1n) is 6.78. The van der Waals surface area contributed by atoms with E-state index in [4.69, 9.17) is 9.84 Å². The van der Waals surface area contributed by atoms with Gasteiger partial charge in [-0.3, -0.25) is 4.90 Å². The number of ether oxygens (including phenoxy) is 1. The van der Waals surface area contributed by atoms with Gasteiger partial charge in [-0.15, -0.1) is 11.3 Å². The molecule has 1 aromatic rings. The lowest BCUT2D eigenvalue weighted by atomic mass is 9.94. The molecule has 0 aliphatic carbocycles. The van der Waals surface area contributed by atoms with Crippen molar-refractivity contribution in [3.05, 3.63) is 21.9 Å². The highest BCUT2D eigenvalue weighted by atomic mass is 32.1. The molecule has 2 N–H and O–H groups in total. The van der Waals surface area contributed by atoms with Crippen LogP contribution in [0.5, 0.6) is 0 Å². The summed E-state index contributed by atoms with van der Waals surface area (Å²) in [5.41, 5.74) is -0.621. The van der Waals surface area contributed by atoms with Crippen LogP contribution in [0.15, 0.2) is 12.1 Å². The SMILES string of the molecule is CN(Cc1ccc(C#CCO)s1)CC1(O)CCOCC1. The van der Waals surface area contributed by atoms with Crippen molar-refractivity contribution in [3.8, 4) is 11.8 Å². The maximum absolute atomic E-state index is 10.5. The highest BCUT2D eigenvalue weighted by Crippen LogP contribution is 2.23. The number of rotatable bonds is 4. The van der Waals surface area contributed by atoms with Crippen LogP contribution in [0.25, 0.3) is 0 Å². The molecule has 1 fully saturated rings. The Balaban J connectivity index is 1.87. The fourth-order valence-corrected chi connectivity index (χ4v) is 3.35. The molecule has 0 unspecified atom stereocenters. The van der Waals surface area contributed by atoms with E-state index >= 15 is 0 Å². The highest BCUT2D eigenvalue weighted by molar-refractivity contribution is 7.12. The molecule has 0 bridgehead atoms. The van der Waals surface area contributed by atoms with Gasteiger partial charge in [0.1, 0.15) is 6.61 Å². The molecule has 1 aliphatic heterocycles. The van der Waals surface area contributed by atoms with Crippen LogP contribution in [0.4, 0.5) is 0 Å². The van der Waals surface area contributed by atoms with Crippen molar-refractivity contribution in [2.75, 3.05) is 33.4 Å². The molecule has 0 spiro atoms. The van der Waals surface area contributed by atoms with Gasteiger partial charge in [0.25, 0.3) is 0 Å². The monoisotopic (exact) mass is 295 g/mol. The maximum Gasteiger partial charge on any atom is 0.104 e. The minimum Gasteiger partial charge on any atom is -0.388 e. The van der Waals surface area contributed by atoms with E-state index in [1.54, 1.807) is 11.3 Å². The normalized spacial score (nSPS) is 17.8. The van der Waals surface area contributed by atoms with Gasteiger partial charge in [-0.25, -0.2) is 0 Å². The van der Waals surface area contributed by atoms with Crippen molar-refractivity contribution in [3.63, 3.8) is 0 Å². The summed E-state index contributed by atoms with van der Waals surface area (Å²) in [6.07, 6.45) is 1.41. The molecule has 0 amide bonds. The second-order valence-electron chi connectivity index (χ2n) is 5.23. The van der Waals surface area contributed by atoms with Gasteiger partial charge >= 0.3 is 0 Å². The predicted molar refractivity (Wildman–Crippen MR) is 79.6 cm³/mol. The Labute approximate surface area is 124 Å². The molecule has 0 radical (unpaired) electrons. The largest absolute Gasteiger partial charge is 0.388 e. The zero-order chi connectivity index (χ0) is 14.4. The second-order valence-corrected chi connectivity index (χ2v) is 6.40. The summed E-state index contributed by atoms with van der Waals surface area (Å²) >= 11 is 1.63. The molecule has 0 atom stereocenters. The Morgan fingerprint density at radius 2 is 2.15 bits per heavy atom. The summed E-state index contributed by atoms with van der Waals surface area (Å²) in [5.74, 6) is 5.56. The van der Waals surface area contributed by atoms with Crippen molar-refractivity contribution in [2.24, 2.45) is 0 Å². The van der Waals surface area contributed by atoms with Crippen LogP contribution in [-0.2, 0) is 11.3 Å². The van der Waals surface area contributed by atoms with Gasteiger partial charge in [0, 0.05) is 44.0 Å². The summed E-state index contributed by atoms with van der Waals surface area (Å²) in [4.78, 5) is 4.32. The summed E-state index contributed by atoms with van der Waals surface area (Å²) in [6, 6.07) is 4.02. The van der Waals surface area contributed by atoms with Crippen LogP contribution in [-0.4, -0.2) is 54.1 Å². The van der Waals surface area contributed by atoms with Crippen LogP contribution in [0.3, 0.4) is 0 Å². The third-order valence-corrected chi connectivity index (χ3v) is 4.35. The first-order chi connectivity index (χ1) is 9.61. The average Bonchev–Trinajstić information content (AvgIpc) is 2.84. The second kappa shape index (κ2) is 7.21. The number of likely N-dealkylation sites (N-methyl/N-ethyl adjacent to an activating group) is 1. The number of hydrogen-bond donors (Lipinski definition) is 2. The molecule has 2 rings (SSSR count). The molecule has 1 aliphatic rings. The van der Waals surface area contributed by atoms with Crippen LogP contribution < -0.4 is 0 Å². The number of aliphatic hydroxyl groups is 2. The average molecular weight is 295 g/mol. The molecule has 110 valence electrons. The Hall–Kier alpha value is -0.900. The van der Waals surface area contributed by atoms with Crippen molar-refractivity contribution >= 4 is 11.3 Å². The van der Waals surface area contributed by atoms with Crippen molar-refractivity contribution < 1.29 is 14.9 Å². The zero-order valence-corrected chi connectivity index (χ0v) is 12.6. The van der Waals surface area contributed by atoms with Gasteiger partial charge in [0.05, 0.1) is 10.5 Å². The summed E-state index contributed by atoms with van der Waals surface area (Å²) < 4.78 is 5.29. The minimum absolute atomic E-state index is 0.109. The molecule has 1 aromatic heterocycles. The lowest BCUT2D eigenvalue weighted by Gasteiger charge is -2.35. The number of thiophene rings is 1. The zero-order valence-electron chi connectivity index (χ0n) is 11.8. The summed E-state index contributed by atoms with van der Waals surface area (Å²) in [7, 11) is 2.02. The van der Waals surface area contributed by atoms with E-state index in [1.807, 2.05) is 13.1 Å². The van der Waals surface area contributed by atoms with Crippen LogP contribution in [0.2, 0.25) is 0 Å². The Bertz CT molecular complexity index is 483. The van der Waals surface area contributed by atoms with E-state index in [0.717, 1.165) is 11.4 Å². The Kier molecular flexibility index (Phi) is 5.58.